The molecule has 3 rings (SSSR count). The van der Waals surface area contributed by atoms with Crippen LogP contribution in [0.25, 0.3) is 0 Å². The van der Waals surface area contributed by atoms with Gasteiger partial charge in [0, 0.05) is 31.3 Å². The minimum atomic E-state index is -0.464. The lowest BCUT2D eigenvalue weighted by Crippen LogP contribution is -2.33. The molecule has 2 aromatic rings. The van der Waals surface area contributed by atoms with E-state index in [1.54, 1.807) is 11.9 Å². The number of aryl methyl sites for hydroxylation is 1. The SMILES string of the molecule is COC(=O)[C@@H](Cc1ccccc1)Nc1ccc2c(c1)CCC(=O)N2C. The van der Waals surface area contributed by atoms with Gasteiger partial charge in [-0.15, -0.1) is 0 Å². The Morgan fingerprint density at radius 3 is 2.68 bits per heavy atom. The van der Waals surface area contributed by atoms with Crippen LogP contribution in [-0.4, -0.2) is 32.1 Å². The normalized spacial score (nSPS) is 14.6. The zero-order chi connectivity index (χ0) is 17.8. The van der Waals surface area contributed by atoms with Gasteiger partial charge in [0.05, 0.1) is 7.11 Å². The molecular weight excluding hydrogens is 316 g/mol. The van der Waals surface area contributed by atoms with E-state index in [1.165, 1.54) is 7.11 Å². The predicted octanol–water partition coefficient (Wildman–Crippen LogP) is 2.79. The van der Waals surface area contributed by atoms with Crippen molar-refractivity contribution < 1.29 is 14.3 Å². The fraction of sp³-hybridized carbons (Fsp3) is 0.300. The Bertz CT molecular complexity index is 774. The molecule has 0 aliphatic carbocycles. The molecule has 5 heteroatoms. The molecule has 1 N–H and O–H groups in total. The van der Waals surface area contributed by atoms with E-state index in [2.05, 4.69) is 5.32 Å². The highest BCUT2D eigenvalue weighted by Gasteiger charge is 2.23. The summed E-state index contributed by atoms with van der Waals surface area (Å²) in [5.74, 6) is -0.168. The predicted molar refractivity (Wildman–Crippen MR) is 97.7 cm³/mol. The van der Waals surface area contributed by atoms with Crippen LogP contribution in [0.15, 0.2) is 48.5 Å². The van der Waals surface area contributed by atoms with Crippen molar-refractivity contribution in [3.8, 4) is 0 Å². The molecule has 130 valence electrons. The van der Waals surface area contributed by atoms with Crippen LogP contribution < -0.4 is 10.2 Å². The highest BCUT2D eigenvalue weighted by Crippen LogP contribution is 2.29. The Morgan fingerprint density at radius 2 is 1.96 bits per heavy atom. The molecule has 0 fully saturated rings. The standard InChI is InChI=1S/C20H22N2O3/c1-22-18-10-9-16(13-15(18)8-11-19(22)23)21-17(20(24)25-2)12-14-6-4-3-5-7-14/h3-7,9-10,13,17,21H,8,11-12H2,1-2H3/t17-/m1/s1. The number of esters is 1. The Morgan fingerprint density at radius 1 is 1.20 bits per heavy atom. The van der Waals surface area contributed by atoms with Gasteiger partial charge >= 0.3 is 5.97 Å². The molecule has 1 atom stereocenters. The topological polar surface area (TPSA) is 58.6 Å². The Hall–Kier alpha value is -2.82. The summed E-state index contributed by atoms with van der Waals surface area (Å²) in [5, 5.41) is 3.28. The van der Waals surface area contributed by atoms with Crippen LogP contribution in [0, 0.1) is 0 Å². The first-order valence-electron chi connectivity index (χ1n) is 8.36. The number of amides is 1. The number of nitrogens with zero attached hydrogens (tertiary/aromatic N) is 1. The molecule has 0 bridgehead atoms. The molecule has 0 unspecified atom stereocenters. The van der Waals surface area contributed by atoms with Crippen molar-refractivity contribution in [1.29, 1.82) is 0 Å². The smallest absolute Gasteiger partial charge is 0.328 e. The van der Waals surface area contributed by atoms with Gasteiger partial charge < -0.3 is 15.0 Å². The van der Waals surface area contributed by atoms with Gasteiger partial charge in [0.2, 0.25) is 5.91 Å². The maximum Gasteiger partial charge on any atom is 0.328 e. The highest BCUT2D eigenvalue weighted by atomic mass is 16.5. The number of ether oxygens (including phenoxy) is 1. The molecule has 1 aliphatic rings. The lowest BCUT2D eigenvalue weighted by molar-refractivity contribution is -0.141. The van der Waals surface area contributed by atoms with E-state index in [1.807, 2.05) is 48.5 Å². The second-order valence-corrected chi connectivity index (χ2v) is 6.21. The van der Waals surface area contributed by atoms with Gasteiger partial charge in [0.15, 0.2) is 0 Å². The fourth-order valence-electron chi connectivity index (χ4n) is 3.13. The highest BCUT2D eigenvalue weighted by molar-refractivity contribution is 5.96. The number of carbonyl (C=O) groups excluding carboxylic acids is 2. The second kappa shape index (κ2) is 7.38. The Kier molecular flexibility index (Phi) is 5.03. The first-order chi connectivity index (χ1) is 12.1. The molecule has 1 heterocycles. The molecule has 0 spiro atoms. The van der Waals surface area contributed by atoms with Crippen LogP contribution in [0.5, 0.6) is 0 Å². The molecule has 1 amide bonds. The van der Waals surface area contributed by atoms with E-state index >= 15 is 0 Å². The number of rotatable bonds is 5. The zero-order valence-corrected chi connectivity index (χ0v) is 14.5. The minimum absolute atomic E-state index is 0.129. The van der Waals surface area contributed by atoms with Crippen LogP contribution in [-0.2, 0) is 27.2 Å². The van der Waals surface area contributed by atoms with Gasteiger partial charge in [-0.05, 0) is 35.7 Å². The number of carbonyl (C=O) groups is 2. The average molecular weight is 338 g/mol. The molecule has 0 saturated carbocycles. The maximum atomic E-state index is 12.2. The van der Waals surface area contributed by atoms with Crippen molar-refractivity contribution >= 4 is 23.3 Å². The van der Waals surface area contributed by atoms with Crippen LogP contribution >= 0.6 is 0 Å². The maximum absolute atomic E-state index is 12.2. The van der Waals surface area contributed by atoms with E-state index < -0.39 is 6.04 Å². The van der Waals surface area contributed by atoms with E-state index in [-0.39, 0.29) is 11.9 Å². The number of nitrogens with one attached hydrogen (secondary N) is 1. The first-order valence-corrected chi connectivity index (χ1v) is 8.36. The largest absolute Gasteiger partial charge is 0.467 e. The summed E-state index contributed by atoms with van der Waals surface area (Å²) in [4.78, 5) is 25.7. The van der Waals surface area contributed by atoms with Gasteiger partial charge in [0.25, 0.3) is 0 Å². The lowest BCUT2D eigenvalue weighted by Gasteiger charge is -2.27. The third kappa shape index (κ3) is 3.82. The third-order valence-corrected chi connectivity index (χ3v) is 4.53. The van der Waals surface area contributed by atoms with Crippen LogP contribution in [0.2, 0.25) is 0 Å². The molecular formula is C20H22N2O3. The minimum Gasteiger partial charge on any atom is -0.467 e. The average Bonchev–Trinajstić information content (AvgIpc) is 2.64. The van der Waals surface area contributed by atoms with Crippen molar-refractivity contribution in [2.75, 3.05) is 24.4 Å². The number of hydrogen-bond acceptors (Lipinski definition) is 4. The molecule has 25 heavy (non-hydrogen) atoms. The summed E-state index contributed by atoms with van der Waals surface area (Å²) in [5.41, 5.74) is 3.96. The van der Waals surface area contributed by atoms with Crippen molar-refractivity contribution in [1.82, 2.24) is 0 Å². The first kappa shape index (κ1) is 17.0. The molecule has 5 nitrogen and oxygen atoms in total. The molecule has 1 aliphatic heterocycles. The van der Waals surface area contributed by atoms with Crippen LogP contribution in [0.1, 0.15) is 17.5 Å². The molecule has 0 saturated heterocycles. The zero-order valence-electron chi connectivity index (χ0n) is 14.5. The Labute approximate surface area is 147 Å². The molecule has 2 aromatic carbocycles. The van der Waals surface area contributed by atoms with Gasteiger partial charge in [-0.3, -0.25) is 4.79 Å². The van der Waals surface area contributed by atoms with Gasteiger partial charge in [-0.1, -0.05) is 30.3 Å². The van der Waals surface area contributed by atoms with Crippen molar-refractivity contribution in [2.45, 2.75) is 25.3 Å². The van der Waals surface area contributed by atoms with Gasteiger partial charge in [0.1, 0.15) is 6.04 Å². The molecule has 0 aromatic heterocycles. The number of methoxy groups -OCH3 is 1. The molecule has 0 radical (unpaired) electrons. The summed E-state index contributed by atoms with van der Waals surface area (Å²) in [6.07, 6.45) is 1.77. The number of hydrogen-bond donors (Lipinski definition) is 1. The second-order valence-electron chi connectivity index (χ2n) is 6.21. The van der Waals surface area contributed by atoms with Crippen LogP contribution in [0.3, 0.4) is 0 Å². The van der Waals surface area contributed by atoms with Gasteiger partial charge in [-0.2, -0.15) is 0 Å². The number of anilines is 2. The Balaban J connectivity index is 1.80. The summed E-state index contributed by atoms with van der Waals surface area (Å²) in [6.45, 7) is 0. The van der Waals surface area contributed by atoms with E-state index in [0.717, 1.165) is 28.9 Å². The van der Waals surface area contributed by atoms with E-state index in [9.17, 15) is 9.59 Å². The third-order valence-electron chi connectivity index (χ3n) is 4.53. The fourth-order valence-corrected chi connectivity index (χ4v) is 3.13. The van der Waals surface area contributed by atoms with Crippen LogP contribution in [0.4, 0.5) is 11.4 Å². The summed E-state index contributed by atoms with van der Waals surface area (Å²) < 4.78 is 4.95. The number of benzene rings is 2. The number of fused-ring (bicyclic) bond motifs is 1. The monoisotopic (exact) mass is 338 g/mol. The van der Waals surface area contributed by atoms with Crippen molar-refractivity contribution in [3.05, 3.63) is 59.7 Å². The lowest BCUT2D eigenvalue weighted by atomic mass is 10.00. The van der Waals surface area contributed by atoms with Crippen molar-refractivity contribution in [2.24, 2.45) is 0 Å². The summed E-state index contributed by atoms with van der Waals surface area (Å²) >= 11 is 0. The van der Waals surface area contributed by atoms with Gasteiger partial charge in [-0.25, -0.2) is 4.79 Å². The van der Waals surface area contributed by atoms with Crippen molar-refractivity contribution in [3.63, 3.8) is 0 Å². The summed E-state index contributed by atoms with van der Waals surface area (Å²) in [6, 6.07) is 15.2. The van der Waals surface area contributed by atoms with E-state index in [0.29, 0.717) is 12.8 Å². The quantitative estimate of drug-likeness (QED) is 0.852. The summed E-state index contributed by atoms with van der Waals surface area (Å²) in [7, 11) is 3.19. The van der Waals surface area contributed by atoms with E-state index in [4.69, 9.17) is 4.74 Å².